The summed E-state index contributed by atoms with van der Waals surface area (Å²) in [7, 11) is 0. The summed E-state index contributed by atoms with van der Waals surface area (Å²) >= 11 is 5.86. The number of halogens is 1. The maximum atomic E-state index is 10.8. The first-order valence-electron chi connectivity index (χ1n) is 3.70. The third-order valence-electron chi connectivity index (χ3n) is 1.47. The molecular weight excluding hydrogens is 174 g/mol. The van der Waals surface area contributed by atoms with Crippen molar-refractivity contribution in [2.45, 2.75) is 20.3 Å². The van der Waals surface area contributed by atoms with E-state index in [2.05, 4.69) is 4.98 Å². The van der Waals surface area contributed by atoms with Crippen LogP contribution in [0, 0.1) is 6.92 Å². The first-order chi connectivity index (χ1) is 5.59. The largest absolute Gasteiger partial charge is 0.300 e. The monoisotopic (exact) mass is 183 g/mol. The number of hydrogen-bond donors (Lipinski definition) is 0. The van der Waals surface area contributed by atoms with Crippen molar-refractivity contribution in [2.24, 2.45) is 0 Å². The molecule has 0 aliphatic rings. The molecule has 3 heteroatoms. The number of nitrogens with zero attached hydrogens (tertiary/aromatic N) is 1. The number of Topliss-reactive ketones (excluding diaryl/α,β-unsaturated/α-hetero) is 1. The summed E-state index contributed by atoms with van der Waals surface area (Å²) in [6.45, 7) is 3.44. The van der Waals surface area contributed by atoms with E-state index in [1.807, 2.05) is 13.0 Å². The fourth-order valence-corrected chi connectivity index (χ4v) is 1.22. The molecule has 0 radical (unpaired) electrons. The highest BCUT2D eigenvalue weighted by molar-refractivity contribution is 6.31. The van der Waals surface area contributed by atoms with Crippen molar-refractivity contribution in [2.75, 3.05) is 0 Å². The standard InChI is InChI=1S/C9H10ClNO/c1-6-3-8(10)9(11-5-6)4-7(2)12/h3,5H,4H2,1-2H3. The van der Waals surface area contributed by atoms with Crippen molar-refractivity contribution in [1.29, 1.82) is 0 Å². The number of ketones is 1. The summed E-state index contributed by atoms with van der Waals surface area (Å²) < 4.78 is 0. The molecule has 1 rings (SSSR count). The first-order valence-corrected chi connectivity index (χ1v) is 4.08. The van der Waals surface area contributed by atoms with Gasteiger partial charge in [0.25, 0.3) is 0 Å². The lowest BCUT2D eigenvalue weighted by Gasteiger charge is -2.00. The van der Waals surface area contributed by atoms with Crippen LogP contribution in [0.25, 0.3) is 0 Å². The molecule has 0 aromatic carbocycles. The fourth-order valence-electron chi connectivity index (χ4n) is 0.928. The van der Waals surface area contributed by atoms with Crippen molar-refractivity contribution in [3.05, 3.63) is 28.5 Å². The summed E-state index contributed by atoms with van der Waals surface area (Å²) in [6, 6.07) is 1.81. The Kier molecular flexibility index (Phi) is 2.82. The van der Waals surface area contributed by atoms with Gasteiger partial charge in [-0.05, 0) is 25.5 Å². The molecule has 0 spiro atoms. The molecule has 0 saturated carbocycles. The molecule has 2 nitrogen and oxygen atoms in total. The highest BCUT2D eigenvalue weighted by Gasteiger charge is 2.04. The molecule has 1 heterocycles. The maximum absolute atomic E-state index is 10.8. The summed E-state index contributed by atoms with van der Waals surface area (Å²) in [5, 5.41) is 0.574. The normalized spacial score (nSPS) is 9.92. The van der Waals surface area contributed by atoms with E-state index < -0.39 is 0 Å². The second-order valence-electron chi connectivity index (χ2n) is 2.82. The van der Waals surface area contributed by atoms with Gasteiger partial charge in [0.05, 0.1) is 10.7 Å². The molecular formula is C9H10ClNO. The molecule has 1 aromatic heterocycles. The lowest BCUT2D eigenvalue weighted by molar-refractivity contribution is -0.116. The smallest absolute Gasteiger partial charge is 0.135 e. The highest BCUT2D eigenvalue weighted by atomic mass is 35.5. The number of aryl methyl sites for hydroxylation is 1. The molecule has 1 aromatic rings. The van der Waals surface area contributed by atoms with Gasteiger partial charge in [-0.25, -0.2) is 0 Å². The molecule has 0 N–H and O–H groups in total. The van der Waals surface area contributed by atoms with Gasteiger partial charge in [0.2, 0.25) is 0 Å². The van der Waals surface area contributed by atoms with Gasteiger partial charge < -0.3 is 0 Å². The average molecular weight is 184 g/mol. The van der Waals surface area contributed by atoms with Gasteiger partial charge in [0.1, 0.15) is 5.78 Å². The molecule has 64 valence electrons. The van der Waals surface area contributed by atoms with Crippen molar-refractivity contribution in [1.82, 2.24) is 4.98 Å². The lowest BCUT2D eigenvalue weighted by atomic mass is 10.2. The van der Waals surface area contributed by atoms with Gasteiger partial charge in [0, 0.05) is 12.6 Å². The summed E-state index contributed by atoms with van der Waals surface area (Å²) in [4.78, 5) is 14.8. The Morgan fingerprint density at radius 2 is 2.33 bits per heavy atom. The summed E-state index contributed by atoms with van der Waals surface area (Å²) in [6.07, 6.45) is 2.03. The third kappa shape index (κ3) is 2.31. The SMILES string of the molecule is CC(=O)Cc1ncc(C)cc1Cl. The van der Waals surface area contributed by atoms with Crippen LogP contribution in [0.4, 0.5) is 0 Å². The molecule has 12 heavy (non-hydrogen) atoms. The van der Waals surface area contributed by atoms with E-state index in [1.54, 1.807) is 6.20 Å². The van der Waals surface area contributed by atoms with E-state index in [-0.39, 0.29) is 5.78 Å². The van der Waals surface area contributed by atoms with Crippen LogP contribution in [-0.4, -0.2) is 10.8 Å². The van der Waals surface area contributed by atoms with Crippen LogP contribution in [0.15, 0.2) is 12.3 Å². The van der Waals surface area contributed by atoms with Crippen LogP contribution in [0.2, 0.25) is 5.02 Å². The molecule has 0 unspecified atom stereocenters. The zero-order valence-corrected chi connectivity index (χ0v) is 7.85. The van der Waals surface area contributed by atoms with Crippen LogP contribution in [0.3, 0.4) is 0 Å². The Hall–Kier alpha value is -0.890. The van der Waals surface area contributed by atoms with Crippen molar-refractivity contribution in [3.63, 3.8) is 0 Å². The van der Waals surface area contributed by atoms with Crippen LogP contribution < -0.4 is 0 Å². The second kappa shape index (κ2) is 3.68. The number of rotatable bonds is 2. The Balaban J connectivity index is 2.93. The van der Waals surface area contributed by atoms with Gasteiger partial charge in [-0.2, -0.15) is 0 Å². The topological polar surface area (TPSA) is 30.0 Å². The maximum Gasteiger partial charge on any atom is 0.135 e. The Morgan fingerprint density at radius 3 is 2.83 bits per heavy atom. The molecule has 0 aliphatic heterocycles. The van der Waals surface area contributed by atoms with E-state index >= 15 is 0 Å². The Labute approximate surface area is 76.6 Å². The fraction of sp³-hybridized carbons (Fsp3) is 0.333. The minimum absolute atomic E-state index is 0.0771. The zero-order valence-electron chi connectivity index (χ0n) is 7.10. The third-order valence-corrected chi connectivity index (χ3v) is 1.80. The van der Waals surface area contributed by atoms with E-state index in [0.29, 0.717) is 17.1 Å². The first kappa shape index (κ1) is 9.20. The summed E-state index contributed by atoms with van der Waals surface area (Å²) in [5.74, 6) is 0.0771. The molecule has 0 aliphatic carbocycles. The lowest BCUT2D eigenvalue weighted by Crippen LogP contribution is -2.00. The van der Waals surface area contributed by atoms with E-state index in [4.69, 9.17) is 11.6 Å². The molecule has 0 fully saturated rings. The zero-order chi connectivity index (χ0) is 9.14. The number of aromatic nitrogens is 1. The minimum Gasteiger partial charge on any atom is -0.300 e. The van der Waals surface area contributed by atoms with Gasteiger partial charge in [0.15, 0.2) is 0 Å². The minimum atomic E-state index is 0.0771. The molecule has 0 amide bonds. The van der Waals surface area contributed by atoms with Crippen LogP contribution in [0.5, 0.6) is 0 Å². The predicted molar refractivity (Wildman–Crippen MR) is 48.4 cm³/mol. The number of pyridine rings is 1. The number of carbonyl (C=O) groups excluding carboxylic acids is 1. The van der Waals surface area contributed by atoms with Crippen molar-refractivity contribution >= 4 is 17.4 Å². The number of carbonyl (C=O) groups is 1. The molecule has 0 bridgehead atoms. The second-order valence-corrected chi connectivity index (χ2v) is 3.23. The Morgan fingerprint density at radius 1 is 1.67 bits per heavy atom. The van der Waals surface area contributed by atoms with Crippen LogP contribution in [-0.2, 0) is 11.2 Å². The predicted octanol–water partition coefficient (Wildman–Crippen LogP) is 2.17. The van der Waals surface area contributed by atoms with Crippen molar-refractivity contribution < 1.29 is 4.79 Å². The van der Waals surface area contributed by atoms with Crippen LogP contribution >= 0.6 is 11.6 Å². The van der Waals surface area contributed by atoms with Gasteiger partial charge in [-0.1, -0.05) is 11.6 Å². The number of hydrogen-bond acceptors (Lipinski definition) is 2. The van der Waals surface area contributed by atoms with Gasteiger partial charge in [-0.3, -0.25) is 9.78 Å². The quantitative estimate of drug-likeness (QED) is 0.704. The highest BCUT2D eigenvalue weighted by Crippen LogP contribution is 2.15. The van der Waals surface area contributed by atoms with E-state index in [0.717, 1.165) is 5.56 Å². The van der Waals surface area contributed by atoms with Gasteiger partial charge >= 0.3 is 0 Å². The van der Waals surface area contributed by atoms with Crippen LogP contribution in [0.1, 0.15) is 18.2 Å². The molecule has 0 atom stereocenters. The van der Waals surface area contributed by atoms with E-state index in [9.17, 15) is 4.79 Å². The summed E-state index contributed by atoms with van der Waals surface area (Å²) in [5.41, 5.74) is 1.67. The van der Waals surface area contributed by atoms with Gasteiger partial charge in [-0.15, -0.1) is 0 Å². The Bertz CT molecular complexity index is 309. The van der Waals surface area contributed by atoms with Crippen molar-refractivity contribution in [3.8, 4) is 0 Å². The average Bonchev–Trinajstić information content (AvgIpc) is 1.94. The molecule has 0 saturated heterocycles. The van der Waals surface area contributed by atoms with E-state index in [1.165, 1.54) is 6.92 Å².